The average Bonchev–Trinajstić information content (AvgIpc) is 2.73. The Hall–Kier alpha value is -3.24. The summed E-state index contributed by atoms with van der Waals surface area (Å²) in [6, 6.07) is 14.7. The molecule has 0 aliphatic carbocycles. The second kappa shape index (κ2) is 8.86. The molecule has 0 unspecified atom stereocenters. The third kappa shape index (κ3) is 5.89. The van der Waals surface area contributed by atoms with E-state index in [1.54, 1.807) is 19.1 Å². The molecule has 3 rings (SSSR count). The van der Waals surface area contributed by atoms with Gasteiger partial charge >= 0.3 is 6.18 Å². The zero-order valence-electron chi connectivity index (χ0n) is 16.3. The van der Waals surface area contributed by atoms with Crippen molar-refractivity contribution in [2.75, 3.05) is 0 Å². The Labute approximate surface area is 177 Å². The third-order valence-electron chi connectivity index (χ3n) is 4.36. The van der Waals surface area contributed by atoms with Gasteiger partial charge in [-0.15, -0.1) is 0 Å². The molecule has 0 aliphatic rings. The van der Waals surface area contributed by atoms with Crippen LogP contribution in [0, 0.1) is 6.92 Å². The first-order chi connectivity index (χ1) is 14.5. The third-order valence-corrected chi connectivity index (χ3v) is 5.77. The lowest BCUT2D eigenvalue weighted by Crippen LogP contribution is -2.23. The van der Waals surface area contributed by atoms with Crippen molar-refractivity contribution in [3.8, 4) is 5.75 Å². The molecular formula is C21H18F3N3O3S. The number of hydrogen-bond acceptors (Lipinski definition) is 5. The molecule has 0 aliphatic heterocycles. The molecule has 10 heteroatoms. The van der Waals surface area contributed by atoms with Crippen LogP contribution < -0.4 is 4.72 Å². The van der Waals surface area contributed by atoms with Crippen molar-refractivity contribution in [1.82, 2.24) is 4.72 Å². The molecule has 0 atom stereocenters. The second-order valence-electron chi connectivity index (χ2n) is 6.68. The molecule has 0 amide bonds. The Kier molecular flexibility index (Phi) is 6.42. The number of hydrogen-bond donors (Lipinski definition) is 2. The molecule has 0 aromatic heterocycles. The fourth-order valence-electron chi connectivity index (χ4n) is 2.58. The number of phenols is 1. The van der Waals surface area contributed by atoms with Crippen LogP contribution in [0.4, 0.5) is 24.5 Å². The molecule has 3 aromatic carbocycles. The maximum absolute atomic E-state index is 12.6. The van der Waals surface area contributed by atoms with Gasteiger partial charge in [-0.05, 0) is 72.6 Å². The summed E-state index contributed by atoms with van der Waals surface area (Å²) in [5.41, 5.74) is 1.20. The van der Waals surface area contributed by atoms with Crippen molar-refractivity contribution in [1.29, 1.82) is 0 Å². The summed E-state index contributed by atoms with van der Waals surface area (Å²) in [7, 11) is -3.86. The van der Waals surface area contributed by atoms with E-state index in [2.05, 4.69) is 15.0 Å². The molecule has 0 bridgehead atoms. The number of aryl methyl sites for hydroxylation is 1. The lowest BCUT2D eigenvalue weighted by molar-refractivity contribution is -0.137. The van der Waals surface area contributed by atoms with E-state index in [9.17, 15) is 26.7 Å². The Morgan fingerprint density at radius 2 is 1.48 bits per heavy atom. The van der Waals surface area contributed by atoms with Crippen LogP contribution in [0.3, 0.4) is 0 Å². The van der Waals surface area contributed by atoms with E-state index in [1.807, 2.05) is 0 Å². The second-order valence-corrected chi connectivity index (χ2v) is 8.45. The zero-order chi connectivity index (χ0) is 22.6. The van der Waals surface area contributed by atoms with E-state index in [0.29, 0.717) is 22.5 Å². The van der Waals surface area contributed by atoms with Gasteiger partial charge in [0.25, 0.3) is 0 Å². The van der Waals surface area contributed by atoms with Gasteiger partial charge in [-0.2, -0.15) is 23.4 Å². The summed E-state index contributed by atoms with van der Waals surface area (Å²) in [6.45, 7) is 1.58. The minimum atomic E-state index is -4.45. The summed E-state index contributed by atoms with van der Waals surface area (Å²) in [5, 5.41) is 17.6. The number of nitrogens with zero attached hydrogens (tertiary/aromatic N) is 2. The number of phenolic OH excluding ortho intramolecular Hbond substituents is 1. The van der Waals surface area contributed by atoms with Gasteiger partial charge in [0.05, 0.1) is 21.8 Å². The predicted molar refractivity (Wildman–Crippen MR) is 109 cm³/mol. The van der Waals surface area contributed by atoms with E-state index in [4.69, 9.17) is 0 Å². The number of benzene rings is 3. The Bertz CT molecular complexity index is 1190. The number of sulfonamides is 1. The van der Waals surface area contributed by atoms with E-state index >= 15 is 0 Å². The summed E-state index contributed by atoms with van der Waals surface area (Å²) >= 11 is 0. The van der Waals surface area contributed by atoms with Gasteiger partial charge < -0.3 is 5.11 Å². The maximum atomic E-state index is 12.6. The van der Waals surface area contributed by atoms with Crippen LogP contribution in [0.5, 0.6) is 5.75 Å². The number of rotatable bonds is 6. The van der Waals surface area contributed by atoms with Gasteiger partial charge in [0.1, 0.15) is 5.75 Å². The largest absolute Gasteiger partial charge is 0.508 e. The molecular weight excluding hydrogens is 431 g/mol. The SMILES string of the molecule is Cc1cc(N=Nc2ccc(S(=O)(=O)NCc3ccc(C(F)(F)F)cc3)cc2)ccc1O. The molecule has 31 heavy (non-hydrogen) atoms. The first-order valence-corrected chi connectivity index (χ1v) is 10.5. The van der Waals surface area contributed by atoms with Crippen LogP contribution >= 0.6 is 0 Å². The molecule has 0 saturated carbocycles. The fourth-order valence-corrected chi connectivity index (χ4v) is 3.60. The van der Waals surface area contributed by atoms with Crippen molar-refractivity contribution in [3.05, 3.63) is 83.4 Å². The average molecular weight is 449 g/mol. The van der Waals surface area contributed by atoms with Crippen molar-refractivity contribution >= 4 is 21.4 Å². The molecule has 3 aromatic rings. The van der Waals surface area contributed by atoms with E-state index < -0.39 is 21.8 Å². The van der Waals surface area contributed by atoms with Gasteiger partial charge in [0, 0.05) is 6.54 Å². The van der Waals surface area contributed by atoms with E-state index in [-0.39, 0.29) is 17.2 Å². The van der Waals surface area contributed by atoms with E-state index in [0.717, 1.165) is 12.1 Å². The van der Waals surface area contributed by atoms with Crippen LogP contribution in [-0.2, 0) is 22.7 Å². The highest BCUT2D eigenvalue weighted by Crippen LogP contribution is 2.29. The quantitative estimate of drug-likeness (QED) is 0.479. The lowest BCUT2D eigenvalue weighted by Gasteiger charge is -2.09. The van der Waals surface area contributed by atoms with Crippen molar-refractivity contribution in [2.24, 2.45) is 10.2 Å². The summed E-state index contributed by atoms with van der Waals surface area (Å²) in [6.07, 6.45) is -4.45. The number of alkyl halides is 3. The number of nitrogens with one attached hydrogen (secondary N) is 1. The van der Waals surface area contributed by atoms with Crippen LogP contribution in [0.2, 0.25) is 0 Å². The van der Waals surface area contributed by atoms with E-state index in [1.165, 1.54) is 42.5 Å². The van der Waals surface area contributed by atoms with Crippen LogP contribution in [0.15, 0.2) is 81.9 Å². The fraction of sp³-hybridized carbons (Fsp3) is 0.143. The van der Waals surface area contributed by atoms with Crippen LogP contribution in [0.25, 0.3) is 0 Å². The van der Waals surface area contributed by atoms with Gasteiger partial charge in [-0.25, -0.2) is 13.1 Å². The first kappa shape index (κ1) is 22.4. The Balaban J connectivity index is 1.65. The molecule has 0 radical (unpaired) electrons. The molecule has 0 fully saturated rings. The summed E-state index contributed by atoms with van der Waals surface area (Å²) < 4.78 is 65.0. The van der Waals surface area contributed by atoms with Crippen LogP contribution in [-0.4, -0.2) is 13.5 Å². The molecule has 162 valence electrons. The Morgan fingerprint density at radius 1 is 0.903 bits per heavy atom. The number of halogens is 3. The zero-order valence-corrected chi connectivity index (χ0v) is 17.1. The highest BCUT2D eigenvalue weighted by molar-refractivity contribution is 7.89. The molecule has 2 N–H and O–H groups in total. The molecule has 0 saturated heterocycles. The molecule has 6 nitrogen and oxygen atoms in total. The number of aromatic hydroxyl groups is 1. The van der Waals surface area contributed by atoms with Crippen molar-refractivity contribution in [3.63, 3.8) is 0 Å². The van der Waals surface area contributed by atoms with Crippen molar-refractivity contribution < 1.29 is 26.7 Å². The van der Waals surface area contributed by atoms with Gasteiger partial charge in [0.15, 0.2) is 0 Å². The highest BCUT2D eigenvalue weighted by Gasteiger charge is 2.29. The standard InChI is InChI=1S/C21H18F3N3O3S/c1-14-12-18(8-11-20(14)28)27-26-17-6-9-19(10-7-17)31(29,30)25-13-15-2-4-16(5-3-15)21(22,23)24/h2-12,25,28H,13H2,1H3. The summed E-state index contributed by atoms with van der Waals surface area (Å²) in [5.74, 6) is 0.150. The summed E-state index contributed by atoms with van der Waals surface area (Å²) in [4.78, 5) is -0.0150. The molecule has 0 spiro atoms. The monoisotopic (exact) mass is 449 g/mol. The predicted octanol–water partition coefficient (Wildman–Crippen LogP) is 5.61. The Morgan fingerprint density at radius 3 is 2.06 bits per heavy atom. The van der Waals surface area contributed by atoms with Gasteiger partial charge in [-0.1, -0.05) is 12.1 Å². The number of azo groups is 1. The van der Waals surface area contributed by atoms with Gasteiger partial charge in [0.2, 0.25) is 10.0 Å². The molecule has 0 heterocycles. The highest BCUT2D eigenvalue weighted by atomic mass is 32.2. The van der Waals surface area contributed by atoms with Gasteiger partial charge in [-0.3, -0.25) is 0 Å². The minimum Gasteiger partial charge on any atom is -0.508 e. The van der Waals surface area contributed by atoms with Crippen molar-refractivity contribution in [2.45, 2.75) is 24.5 Å². The van der Waals surface area contributed by atoms with Crippen LogP contribution in [0.1, 0.15) is 16.7 Å². The lowest BCUT2D eigenvalue weighted by atomic mass is 10.1. The minimum absolute atomic E-state index is 0.0150. The topological polar surface area (TPSA) is 91.1 Å². The normalized spacial score (nSPS) is 12.4. The smallest absolute Gasteiger partial charge is 0.416 e. The first-order valence-electron chi connectivity index (χ1n) is 9.02. The maximum Gasteiger partial charge on any atom is 0.416 e.